The topological polar surface area (TPSA) is 106 Å². The molecule has 2 saturated heterocycles. The van der Waals surface area contributed by atoms with Crippen molar-refractivity contribution in [1.29, 1.82) is 0 Å². The number of likely N-dealkylation sites (tertiary alicyclic amines) is 1. The van der Waals surface area contributed by atoms with Crippen molar-refractivity contribution >= 4 is 23.5 Å². The third kappa shape index (κ3) is 3.81. The minimum atomic E-state index is -1.36. The first kappa shape index (κ1) is 24.5. The molecule has 192 valence electrons. The summed E-state index contributed by atoms with van der Waals surface area (Å²) in [6.07, 6.45) is 9.15. The van der Waals surface area contributed by atoms with Crippen molar-refractivity contribution in [3.8, 4) is 5.75 Å². The number of amides is 2. The van der Waals surface area contributed by atoms with Gasteiger partial charge in [0.25, 0.3) is 5.91 Å². The number of hydrogen-bond acceptors (Lipinski definition) is 7. The van der Waals surface area contributed by atoms with E-state index in [0.717, 1.165) is 19.3 Å². The van der Waals surface area contributed by atoms with E-state index in [1.165, 1.54) is 4.90 Å². The average Bonchev–Trinajstić information content (AvgIpc) is 3.28. The van der Waals surface area contributed by atoms with Crippen LogP contribution in [0.2, 0.25) is 0 Å². The number of aliphatic hydroxyl groups is 1. The van der Waals surface area contributed by atoms with Gasteiger partial charge in [-0.1, -0.05) is 24.3 Å². The van der Waals surface area contributed by atoms with Gasteiger partial charge in [0.05, 0.1) is 38.4 Å². The summed E-state index contributed by atoms with van der Waals surface area (Å²) in [6.45, 7) is 1.91. The molecule has 0 aliphatic carbocycles. The molecule has 9 nitrogen and oxygen atoms in total. The molecule has 4 aliphatic heterocycles. The van der Waals surface area contributed by atoms with E-state index in [0.29, 0.717) is 11.4 Å². The Bertz CT molecular complexity index is 1080. The third-order valence-electron chi connectivity index (χ3n) is 7.66. The van der Waals surface area contributed by atoms with Crippen LogP contribution in [0.4, 0.5) is 5.69 Å². The van der Waals surface area contributed by atoms with Crippen molar-refractivity contribution in [2.45, 2.75) is 50.0 Å². The highest BCUT2D eigenvalue weighted by Crippen LogP contribution is 2.53. The van der Waals surface area contributed by atoms with Gasteiger partial charge >= 0.3 is 5.97 Å². The number of carbonyl (C=O) groups excluding carboxylic acids is 3. The van der Waals surface area contributed by atoms with Crippen molar-refractivity contribution in [1.82, 2.24) is 4.90 Å². The molecule has 1 spiro atoms. The first-order valence-electron chi connectivity index (χ1n) is 12.5. The molecule has 9 heteroatoms. The predicted octanol–water partition coefficient (Wildman–Crippen LogP) is 1.84. The number of anilines is 1. The Morgan fingerprint density at radius 2 is 1.92 bits per heavy atom. The lowest BCUT2D eigenvalue weighted by atomic mass is 9.78. The average molecular weight is 497 g/mol. The Kier molecular flexibility index (Phi) is 6.61. The highest BCUT2D eigenvalue weighted by atomic mass is 16.6. The van der Waals surface area contributed by atoms with Gasteiger partial charge in [0.1, 0.15) is 23.3 Å². The fourth-order valence-electron chi connectivity index (χ4n) is 5.91. The number of esters is 1. The summed E-state index contributed by atoms with van der Waals surface area (Å²) in [6, 6.07) is 5.41. The molecule has 4 aliphatic rings. The molecule has 1 aromatic rings. The fraction of sp³-hybridized carbons (Fsp3) is 0.519. The number of methoxy groups -OCH3 is 1. The molecule has 0 radical (unpaired) electrons. The summed E-state index contributed by atoms with van der Waals surface area (Å²) in [5.41, 5.74) is -0.711. The first-order chi connectivity index (χ1) is 17.4. The van der Waals surface area contributed by atoms with Crippen molar-refractivity contribution < 1.29 is 33.7 Å². The van der Waals surface area contributed by atoms with Crippen LogP contribution in [0.25, 0.3) is 0 Å². The van der Waals surface area contributed by atoms with Crippen LogP contribution in [0.15, 0.2) is 48.6 Å². The SMILES string of the molecule is COc1ccc(N2CC=C[C@]34O[C@@H]5/C=C\CCCCOC(=O)[C@@H]5[C@H]3C(=O)N([C@H](C)CO)C4C2=O)cc1. The van der Waals surface area contributed by atoms with Crippen LogP contribution in [0.1, 0.15) is 26.2 Å². The number of allylic oxidation sites excluding steroid dienone is 1. The number of rotatable bonds is 4. The molecule has 2 fully saturated rings. The molecule has 0 aromatic heterocycles. The van der Waals surface area contributed by atoms with E-state index in [9.17, 15) is 19.5 Å². The molecule has 36 heavy (non-hydrogen) atoms. The summed E-state index contributed by atoms with van der Waals surface area (Å²) in [7, 11) is 1.57. The Morgan fingerprint density at radius 3 is 2.64 bits per heavy atom. The number of fused-ring (bicyclic) bond motifs is 2. The second kappa shape index (κ2) is 9.71. The highest BCUT2D eigenvalue weighted by Gasteiger charge is 2.72. The van der Waals surface area contributed by atoms with Gasteiger partial charge in [0, 0.05) is 12.2 Å². The minimum Gasteiger partial charge on any atom is -0.497 e. The Hall–Kier alpha value is -3.17. The predicted molar refractivity (Wildman–Crippen MR) is 130 cm³/mol. The number of aliphatic hydroxyl groups excluding tert-OH is 1. The van der Waals surface area contributed by atoms with Gasteiger partial charge in [-0.2, -0.15) is 0 Å². The molecule has 0 bridgehead atoms. The molecule has 1 unspecified atom stereocenters. The maximum absolute atomic E-state index is 14.2. The molecule has 0 saturated carbocycles. The quantitative estimate of drug-likeness (QED) is 0.501. The van der Waals surface area contributed by atoms with Crippen LogP contribution in [-0.4, -0.2) is 78.4 Å². The summed E-state index contributed by atoms with van der Waals surface area (Å²) in [5.74, 6) is -2.36. The zero-order chi connectivity index (χ0) is 25.4. The zero-order valence-electron chi connectivity index (χ0n) is 20.5. The van der Waals surface area contributed by atoms with E-state index in [1.807, 2.05) is 18.2 Å². The summed E-state index contributed by atoms with van der Waals surface area (Å²) in [5, 5.41) is 10.0. The monoisotopic (exact) mass is 496 g/mol. The van der Waals surface area contributed by atoms with Crippen molar-refractivity contribution in [3.05, 3.63) is 48.6 Å². The Labute approximate surface area is 210 Å². The smallest absolute Gasteiger partial charge is 0.312 e. The van der Waals surface area contributed by atoms with E-state index in [1.54, 1.807) is 49.3 Å². The van der Waals surface area contributed by atoms with E-state index in [4.69, 9.17) is 14.2 Å². The number of ether oxygens (including phenoxy) is 3. The Balaban J connectivity index is 1.60. The number of carbonyl (C=O) groups is 3. The van der Waals surface area contributed by atoms with E-state index in [-0.39, 0.29) is 31.6 Å². The van der Waals surface area contributed by atoms with Gasteiger partial charge in [-0.3, -0.25) is 14.4 Å². The normalized spacial score (nSPS) is 33.8. The van der Waals surface area contributed by atoms with Gasteiger partial charge in [-0.25, -0.2) is 0 Å². The van der Waals surface area contributed by atoms with E-state index in [2.05, 4.69) is 0 Å². The van der Waals surface area contributed by atoms with Gasteiger partial charge < -0.3 is 29.1 Å². The van der Waals surface area contributed by atoms with Crippen molar-refractivity contribution in [2.24, 2.45) is 11.8 Å². The standard InChI is InChI=1S/C27H32N2O7/c1-17(16-30)29-23-25(32)28(18-9-11-19(34-2)12-10-18)14-7-13-27(23)22(24(29)31)21-20(36-27)8-5-3-4-6-15-35-26(21)33/h5,7-13,17,20-23,30H,3-4,6,14-16H2,1-2H3/b8-5-/t17-,20-,21+,22+,23?,27+/m1/s1. The Morgan fingerprint density at radius 1 is 1.14 bits per heavy atom. The largest absolute Gasteiger partial charge is 0.497 e. The lowest BCUT2D eigenvalue weighted by Gasteiger charge is -2.37. The minimum absolute atomic E-state index is 0.268. The van der Waals surface area contributed by atoms with Crippen molar-refractivity contribution in [2.75, 3.05) is 31.8 Å². The summed E-state index contributed by atoms with van der Waals surface area (Å²) < 4.78 is 17.4. The molecule has 2 amide bonds. The second-order valence-electron chi connectivity index (χ2n) is 9.76. The molecular weight excluding hydrogens is 464 g/mol. The number of hydrogen-bond donors (Lipinski definition) is 1. The number of nitrogens with zero attached hydrogens (tertiary/aromatic N) is 2. The number of cyclic esters (lactones) is 1. The second-order valence-corrected chi connectivity index (χ2v) is 9.76. The molecule has 4 heterocycles. The highest BCUT2D eigenvalue weighted by molar-refractivity contribution is 6.05. The van der Waals surface area contributed by atoms with Crippen LogP contribution in [0.5, 0.6) is 5.75 Å². The van der Waals surface area contributed by atoms with Gasteiger partial charge in [-0.15, -0.1) is 0 Å². The maximum Gasteiger partial charge on any atom is 0.312 e. The van der Waals surface area contributed by atoms with Crippen LogP contribution in [-0.2, 0) is 23.9 Å². The third-order valence-corrected chi connectivity index (χ3v) is 7.66. The van der Waals surface area contributed by atoms with Crippen LogP contribution in [0.3, 0.4) is 0 Å². The van der Waals surface area contributed by atoms with Crippen LogP contribution >= 0.6 is 0 Å². The van der Waals surface area contributed by atoms with Gasteiger partial charge in [0.2, 0.25) is 5.91 Å². The lowest BCUT2D eigenvalue weighted by molar-refractivity contribution is -0.155. The molecule has 1 aromatic carbocycles. The maximum atomic E-state index is 14.2. The molecule has 1 N–H and O–H groups in total. The van der Waals surface area contributed by atoms with Gasteiger partial charge in [-0.05, 0) is 50.5 Å². The van der Waals surface area contributed by atoms with E-state index < -0.39 is 41.6 Å². The van der Waals surface area contributed by atoms with Gasteiger partial charge in [0.15, 0.2) is 0 Å². The first-order valence-corrected chi connectivity index (χ1v) is 12.5. The van der Waals surface area contributed by atoms with Crippen molar-refractivity contribution in [3.63, 3.8) is 0 Å². The molecule has 5 rings (SSSR count). The molecular formula is C27H32N2O7. The molecule has 6 atom stereocenters. The number of benzene rings is 1. The van der Waals surface area contributed by atoms with Crippen LogP contribution in [0, 0.1) is 11.8 Å². The van der Waals surface area contributed by atoms with E-state index >= 15 is 0 Å². The summed E-state index contributed by atoms with van der Waals surface area (Å²) >= 11 is 0. The summed E-state index contributed by atoms with van der Waals surface area (Å²) in [4.78, 5) is 44.4. The fourth-order valence-corrected chi connectivity index (χ4v) is 5.91. The lowest BCUT2D eigenvalue weighted by Crippen LogP contribution is -2.57. The zero-order valence-corrected chi connectivity index (χ0v) is 20.5. The van der Waals surface area contributed by atoms with Crippen LogP contribution < -0.4 is 9.64 Å².